The lowest BCUT2D eigenvalue weighted by atomic mass is 9.82. The normalized spacial score (nSPS) is 11.8. The van der Waals surface area contributed by atoms with Crippen LogP contribution >= 0.6 is 0 Å². The molecule has 0 saturated carbocycles. The summed E-state index contributed by atoms with van der Waals surface area (Å²) in [4.78, 5) is 0. The summed E-state index contributed by atoms with van der Waals surface area (Å²) in [6.07, 6.45) is 1.60. The third kappa shape index (κ3) is 4.82. The monoisotopic (exact) mass is 241 g/mol. The van der Waals surface area contributed by atoms with Gasteiger partial charge in [0, 0.05) is 6.07 Å². The highest BCUT2D eigenvalue weighted by atomic mass is 19.1. The van der Waals surface area contributed by atoms with Crippen molar-refractivity contribution in [3.63, 3.8) is 0 Å². The average Bonchev–Trinajstić information content (AvgIpc) is 2.22. The van der Waals surface area contributed by atoms with Crippen LogP contribution in [0, 0.1) is 17.0 Å². The number of hydrogen-bond donors (Lipinski definition) is 1. The first-order chi connectivity index (χ1) is 7.94. The lowest BCUT2D eigenvalue weighted by Gasteiger charge is -2.25. The van der Waals surface area contributed by atoms with Gasteiger partial charge in [-0.1, -0.05) is 26.8 Å². The van der Waals surface area contributed by atoms with Gasteiger partial charge in [0.25, 0.3) is 0 Å². The molecule has 0 aromatic heterocycles. The Morgan fingerprint density at radius 2 is 1.94 bits per heavy atom. The van der Waals surface area contributed by atoms with Crippen molar-refractivity contribution < 1.29 is 8.78 Å². The van der Waals surface area contributed by atoms with Gasteiger partial charge in [0.05, 0.1) is 0 Å². The van der Waals surface area contributed by atoms with E-state index in [2.05, 4.69) is 26.1 Å². The molecule has 1 nitrogen and oxygen atoms in total. The van der Waals surface area contributed by atoms with Crippen LogP contribution in [0.1, 0.15) is 32.8 Å². The first-order valence-electron chi connectivity index (χ1n) is 6.09. The second-order valence-electron chi connectivity index (χ2n) is 5.18. The van der Waals surface area contributed by atoms with Crippen LogP contribution in [-0.2, 0) is 6.42 Å². The largest absolute Gasteiger partial charge is 0.317 e. The Labute approximate surface area is 102 Å². The summed E-state index contributed by atoms with van der Waals surface area (Å²) in [5, 5.41) is 3.26. The maximum Gasteiger partial charge on any atom is 0.129 e. The zero-order valence-corrected chi connectivity index (χ0v) is 10.8. The van der Waals surface area contributed by atoms with E-state index in [0.29, 0.717) is 12.0 Å². The number of halogens is 2. The van der Waals surface area contributed by atoms with Gasteiger partial charge in [-0.3, -0.25) is 0 Å². The zero-order chi connectivity index (χ0) is 12.9. The molecule has 96 valence electrons. The van der Waals surface area contributed by atoms with E-state index in [1.165, 1.54) is 6.07 Å². The Kier molecular flexibility index (Phi) is 5.06. The van der Waals surface area contributed by atoms with Gasteiger partial charge >= 0.3 is 0 Å². The first kappa shape index (κ1) is 14.1. The molecule has 17 heavy (non-hydrogen) atoms. The van der Waals surface area contributed by atoms with Gasteiger partial charge in [0.1, 0.15) is 11.6 Å². The zero-order valence-electron chi connectivity index (χ0n) is 10.8. The average molecular weight is 241 g/mol. The van der Waals surface area contributed by atoms with Gasteiger partial charge in [-0.05, 0) is 43.0 Å². The summed E-state index contributed by atoms with van der Waals surface area (Å²) < 4.78 is 26.3. The minimum Gasteiger partial charge on any atom is -0.317 e. The van der Waals surface area contributed by atoms with E-state index in [-0.39, 0.29) is 5.41 Å². The Morgan fingerprint density at radius 1 is 1.24 bits per heavy atom. The molecule has 0 fully saturated rings. The molecule has 1 N–H and O–H groups in total. The van der Waals surface area contributed by atoms with Gasteiger partial charge in [-0.15, -0.1) is 0 Å². The van der Waals surface area contributed by atoms with Crippen molar-refractivity contribution in [3.05, 3.63) is 35.4 Å². The topological polar surface area (TPSA) is 12.0 Å². The molecule has 0 aliphatic rings. The lowest BCUT2D eigenvalue weighted by Crippen LogP contribution is -2.24. The van der Waals surface area contributed by atoms with Crippen LogP contribution in [0.4, 0.5) is 8.78 Å². The van der Waals surface area contributed by atoms with Crippen molar-refractivity contribution in [2.75, 3.05) is 13.1 Å². The summed E-state index contributed by atoms with van der Waals surface area (Å²) in [6, 6.07) is 3.81. The molecular weight excluding hydrogens is 220 g/mol. The maximum atomic E-state index is 13.5. The number of hydrogen-bond acceptors (Lipinski definition) is 1. The molecule has 1 aromatic rings. The maximum absolute atomic E-state index is 13.5. The Bertz CT molecular complexity index is 361. The van der Waals surface area contributed by atoms with Crippen LogP contribution in [0.3, 0.4) is 0 Å². The Morgan fingerprint density at radius 3 is 2.53 bits per heavy atom. The summed E-state index contributed by atoms with van der Waals surface area (Å²) in [6.45, 7) is 8.14. The van der Waals surface area contributed by atoms with E-state index >= 15 is 0 Å². The lowest BCUT2D eigenvalue weighted by molar-refractivity contribution is 0.322. The Hall–Kier alpha value is -0.960. The third-order valence-corrected chi connectivity index (χ3v) is 2.91. The number of nitrogens with one attached hydrogen (secondary N) is 1. The fraction of sp³-hybridized carbons (Fsp3) is 0.571. The van der Waals surface area contributed by atoms with Gasteiger partial charge in [-0.2, -0.15) is 0 Å². The van der Waals surface area contributed by atoms with Crippen LogP contribution < -0.4 is 5.32 Å². The van der Waals surface area contributed by atoms with Gasteiger partial charge in [0.2, 0.25) is 0 Å². The van der Waals surface area contributed by atoms with Crippen molar-refractivity contribution in [1.82, 2.24) is 5.32 Å². The van der Waals surface area contributed by atoms with E-state index < -0.39 is 11.6 Å². The molecule has 3 heteroatoms. The molecule has 1 aromatic carbocycles. The molecular formula is C14H21F2N. The summed E-state index contributed by atoms with van der Waals surface area (Å²) in [5.74, 6) is -0.960. The van der Waals surface area contributed by atoms with Crippen LogP contribution in [0.25, 0.3) is 0 Å². The molecule has 1 rings (SSSR count). The van der Waals surface area contributed by atoms with Crippen molar-refractivity contribution in [3.8, 4) is 0 Å². The number of benzene rings is 1. The minimum atomic E-state index is -0.517. The highest BCUT2D eigenvalue weighted by molar-refractivity contribution is 5.19. The summed E-state index contributed by atoms with van der Waals surface area (Å²) in [7, 11) is 0. The van der Waals surface area contributed by atoms with Crippen molar-refractivity contribution in [1.29, 1.82) is 0 Å². The standard InChI is InChI=1S/C14H21F2N/c1-4-17-8-7-14(2,3)10-11-5-6-12(15)9-13(11)16/h5-6,9,17H,4,7-8,10H2,1-3H3. The second-order valence-corrected chi connectivity index (χ2v) is 5.18. The van der Waals surface area contributed by atoms with Gasteiger partial charge in [0.15, 0.2) is 0 Å². The molecule has 0 aliphatic heterocycles. The van der Waals surface area contributed by atoms with Gasteiger partial charge in [-0.25, -0.2) is 8.78 Å². The van der Waals surface area contributed by atoms with E-state index in [1.807, 2.05) is 0 Å². The molecule has 0 bridgehead atoms. The van der Waals surface area contributed by atoms with Crippen molar-refractivity contribution in [2.45, 2.75) is 33.6 Å². The van der Waals surface area contributed by atoms with Crippen molar-refractivity contribution >= 4 is 0 Å². The van der Waals surface area contributed by atoms with Gasteiger partial charge < -0.3 is 5.32 Å². The molecule has 0 spiro atoms. The summed E-state index contributed by atoms with van der Waals surface area (Å²) >= 11 is 0. The predicted octanol–water partition coefficient (Wildman–Crippen LogP) is 3.53. The second kappa shape index (κ2) is 6.10. The van der Waals surface area contributed by atoms with E-state index in [0.717, 1.165) is 25.6 Å². The molecule has 0 aliphatic carbocycles. The predicted molar refractivity (Wildman–Crippen MR) is 67.0 cm³/mol. The third-order valence-electron chi connectivity index (χ3n) is 2.91. The van der Waals surface area contributed by atoms with E-state index in [9.17, 15) is 8.78 Å². The summed E-state index contributed by atoms with van der Waals surface area (Å²) in [5.41, 5.74) is 0.605. The molecule has 0 unspecified atom stereocenters. The molecule has 0 amide bonds. The SMILES string of the molecule is CCNCCC(C)(C)Cc1ccc(F)cc1F. The molecule has 0 radical (unpaired) electrons. The highest BCUT2D eigenvalue weighted by Crippen LogP contribution is 2.26. The van der Waals surface area contributed by atoms with Crippen LogP contribution in [0.2, 0.25) is 0 Å². The smallest absolute Gasteiger partial charge is 0.129 e. The van der Waals surface area contributed by atoms with Crippen LogP contribution in [0.15, 0.2) is 18.2 Å². The molecule has 0 saturated heterocycles. The fourth-order valence-electron chi connectivity index (χ4n) is 1.87. The van der Waals surface area contributed by atoms with Crippen LogP contribution in [-0.4, -0.2) is 13.1 Å². The van der Waals surface area contributed by atoms with E-state index in [4.69, 9.17) is 0 Å². The quantitative estimate of drug-likeness (QED) is 0.751. The minimum absolute atomic E-state index is 0.0147. The molecule has 0 heterocycles. The highest BCUT2D eigenvalue weighted by Gasteiger charge is 2.20. The molecule has 0 atom stereocenters. The number of rotatable bonds is 6. The fourth-order valence-corrected chi connectivity index (χ4v) is 1.87. The Balaban J connectivity index is 2.62. The first-order valence-corrected chi connectivity index (χ1v) is 6.09. The van der Waals surface area contributed by atoms with Crippen molar-refractivity contribution in [2.24, 2.45) is 5.41 Å². The van der Waals surface area contributed by atoms with Crippen LogP contribution in [0.5, 0.6) is 0 Å². The van der Waals surface area contributed by atoms with E-state index in [1.54, 1.807) is 6.07 Å².